The summed E-state index contributed by atoms with van der Waals surface area (Å²) in [6.07, 6.45) is 2.42. The average Bonchev–Trinajstić information content (AvgIpc) is 2.39. The van der Waals surface area contributed by atoms with Crippen LogP contribution in [0.5, 0.6) is 0 Å². The van der Waals surface area contributed by atoms with Crippen LogP contribution in [0.4, 0.5) is 0 Å². The highest BCUT2D eigenvalue weighted by Crippen LogP contribution is 2.23. The molecule has 1 atom stereocenters. The van der Waals surface area contributed by atoms with Crippen molar-refractivity contribution >= 4 is 0 Å². The first-order valence-corrected chi connectivity index (χ1v) is 7.31. The molecule has 1 unspecified atom stereocenters. The molecule has 0 radical (unpaired) electrons. The highest BCUT2D eigenvalue weighted by atomic mass is 15.2. The molecule has 0 fully saturated rings. The van der Waals surface area contributed by atoms with E-state index in [4.69, 9.17) is 0 Å². The fourth-order valence-electron chi connectivity index (χ4n) is 2.93. The number of nitrogens with zero attached hydrogens (tertiary/aromatic N) is 2. The smallest absolute Gasteiger partial charge is 0.0264 e. The lowest BCUT2D eigenvalue weighted by Gasteiger charge is -2.37. The van der Waals surface area contributed by atoms with Gasteiger partial charge in [0, 0.05) is 25.7 Å². The Morgan fingerprint density at radius 2 is 2.00 bits per heavy atom. The van der Waals surface area contributed by atoms with Gasteiger partial charge in [-0.1, -0.05) is 24.3 Å². The summed E-state index contributed by atoms with van der Waals surface area (Å²) in [5.41, 5.74) is 3.05. The van der Waals surface area contributed by atoms with E-state index in [1.54, 1.807) is 0 Å². The van der Waals surface area contributed by atoms with Crippen molar-refractivity contribution in [2.75, 3.05) is 40.8 Å². The van der Waals surface area contributed by atoms with E-state index >= 15 is 0 Å². The molecule has 0 aliphatic carbocycles. The molecule has 1 heterocycles. The second-order valence-electron chi connectivity index (χ2n) is 5.81. The predicted octanol–water partition coefficient (Wildman–Crippen LogP) is 1.58. The zero-order chi connectivity index (χ0) is 13.7. The summed E-state index contributed by atoms with van der Waals surface area (Å²) >= 11 is 0. The molecule has 1 aromatic carbocycles. The summed E-state index contributed by atoms with van der Waals surface area (Å²) in [4.78, 5) is 4.91. The van der Waals surface area contributed by atoms with Gasteiger partial charge in [0.15, 0.2) is 0 Å². The molecular formula is C16H27N3. The summed E-state index contributed by atoms with van der Waals surface area (Å²) in [6.45, 7) is 4.55. The van der Waals surface area contributed by atoms with Crippen molar-refractivity contribution in [3.05, 3.63) is 35.4 Å². The van der Waals surface area contributed by atoms with Crippen molar-refractivity contribution in [2.24, 2.45) is 0 Å². The molecular weight excluding hydrogens is 234 g/mol. The Balaban J connectivity index is 1.99. The molecule has 1 aliphatic heterocycles. The number of rotatable bonds is 6. The minimum atomic E-state index is 0.641. The fraction of sp³-hybridized carbons (Fsp3) is 0.625. The Hall–Kier alpha value is -0.900. The van der Waals surface area contributed by atoms with Gasteiger partial charge in [-0.2, -0.15) is 0 Å². The number of likely N-dealkylation sites (N-methyl/N-ethyl adjacent to an activating group) is 1. The highest BCUT2D eigenvalue weighted by Gasteiger charge is 2.24. The molecule has 106 valence electrons. The van der Waals surface area contributed by atoms with Crippen molar-refractivity contribution in [1.29, 1.82) is 0 Å². The van der Waals surface area contributed by atoms with E-state index in [9.17, 15) is 0 Å². The van der Waals surface area contributed by atoms with E-state index in [1.807, 2.05) is 0 Å². The lowest BCUT2D eigenvalue weighted by Crippen LogP contribution is -2.46. The molecule has 1 aliphatic rings. The van der Waals surface area contributed by atoms with Crippen LogP contribution in [0, 0.1) is 0 Å². The Bertz CT molecular complexity index is 389. The molecule has 0 aromatic heterocycles. The van der Waals surface area contributed by atoms with Crippen LogP contribution in [0.15, 0.2) is 24.3 Å². The van der Waals surface area contributed by atoms with E-state index in [2.05, 4.69) is 60.5 Å². The molecule has 0 bridgehead atoms. The maximum Gasteiger partial charge on any atom is 0.0264 e. The Morgan fingerprint density at radius 3 is 2.68 bits per heavy atom. The third-order valence-corrected chi connectivity index (χ3v) is 3.95. The number of hydrogen-bond acceptors (Lipinski definition) is 3. The van der Waals surface area contributed by atoms with Gasteiger partial charge >= 0.3 is 0 Å². The van der Waals surface area contributed by atoms with E-state index in [0.717, 1.165) is 13.1 Å². The van der Waals surface area contributed by atoms with Gasteiger partial charge in [-0.05, 0) is 51.7 Å². The Morgan fingerprint density at radius 1 is 1.26 bits per heavy atom. The normalized spacial score (nSPS) is 19.7. The van der Waals surface area contributed by atoms with Gasteiger partial charge in [0.25, 0.3) is 0 Å². The standard InChI is InChI=1S/C16H27N3/c1-17-12-16-11-14-7-4-5-8-15(14)13-19(16)10-6-9-18(2)3/h4-5,7-8,16-17H,6,9-13H2,1-3H3. The van der Waals surface area contributed by atoms with Crippen LogP contribution >= 0.6 is 0 Å². The summed E-state index contributed by atoms with van der Waals surface area (Å²) in [5.74, 6) is 0. The maximum atomic E-state index is 3.35. The van der Waals surface area contributed by atoms with Crippen molar-refractivity contribution < 1.29 is 0 Å². The number of benzene rings is 1. The van der Waals surface area contributed by atoms with Gasteiger partial charge in [0.2, 0.25) is 0 Å². The van der Waals surface area contributed by atoms with Crippen molar-refractivity contribution in [3.8, 4) is 0 Å². The maximum absolute atomic E-state index is 3.35. The molecule has 1 aromatic rings. The first-order chi connectivity index (χ1) is 9.20. The predicted molar refractivity (Wildman–Crippen MR) is 81.4 cm³/mol. The summed E-state index contributed by atoms with van der Waals surface area (Å²) < 4.78 is 0. The average molecular weight is 261 g/mol. The van der Waals surface area contributed by atoms with Crippen LogP contribution in [-0.4, -0.2) is 56.6 Å². The molecule has 0 spiro atoms. The highest BCUT2D eigenvalue weighted by molar-refractivity contribution is 5.30. The van der Waals surface area contributed by atoms with Gasteiger partial charge in [-0.3, -0.25) is 4.90 Å². The molecule has 3 heteroatoms. The van der Waals surface area contributed by atoms with Crippen LogP contribution in [0.25, 0.3) is 0 Å². The summed E-state index contributed by atoms with van der Waals surface area (Å²) in [5, 5.41) is 3.35. The van der Waals surface area contributed by atoms with E-state index < -0.39 is 0 Å². The van der Waals surface area contributed by atoms with Crippen LogP contribution in [0.2, 0.25) is 0 Å². The van der Waals surface area contributed by atoms with Crippen LogP contribution < -0.4 is 5.32 Å². The van der Waals surface area contributed by atoms with E-state index in [-0.39, 0.29) is 0 Å². The first kappa shape index (κ1) is 14.5. The molecule has 0 saturated carbocycles. The summed E-state index contributed by atoms with van der Waals surface area (Å²) in [7, 11) is 6.35. The largest absolute Gasteiger partial charge is 0.318 e. The van der Waals surface area contributed by atoms with Crippen molar-refractivity contribution in [1.82, 2.24) is 15.1 Å². The van der Waals surface area contributed by atoms with Gasteiger partial charge in [-0.25, -0.2) is 0 Å². The lowest BCUT2D eigenvalue weighted by molar-refractivity contribution is 0.162. The topological polar surface area (TPSA) is 18.5 Å². The Kier molecular flexibility index (Phi) is 5.37. The SMILES string of the molecule is CNCC1Cc2ccccc2CN1CCCN(C)C. The van der Waals surface area contributed by atoms with E-state index in [0.29, 0.717) is 6.04 Å². The molecule has 2 rings (SSSR count). The zero-order valence-electron chi connectivity index (χ0n) is 12.5. The molecule has 1 N–H and O–H groups in total. The number of nitrogens with one attached hydrogen (secondary N) is 1. The number of hydrogen-bond donors (Lipinski definition) is 1. The fourth-order valence-corrected chi connectivity index (χ4v) is 2.93. The van der Waals surface area contributed by atoms with Crippen LogP contribution in [0.1, 0.15) is 17.5 Å². The van der Waals surface area contributed by atoms with Gasteiger partial charge in [0.05, 0.1) is 0 Å². The summed E-state index contributed by atoms with van der Waals surface area (Å²) in [6, 6.07) is 9.53. The van der Waals surface area contributed by atoms with Gasteiger partial charge < -0.3 is 10.2 Å². The quantitative estimate of drug-likeness (QED) is 0.839. The minimum absolute atomic E-state index is 0.641. The lowest BCUT2D eigenvalue weighted by atomic mass is 9.93. The van der Waals surface area contributed by atoms with Crippen molar-refractivity contribution in [3.63, 3.8) is 0 Å². The zero-order valence-corrected chi connectivity index (χ0v) is 12.5. The second kappa shape index (κ2) is 7.04. The molecule has 0 saturated heterocycles. The first-order valence-electron chi connectivity index (χ1n) is 7.31. The van der Waals surface area contributed by atoms with Crippen LogP contribution in [0.3, 0.4) is 0 Å². The van der Waals surface area contributed by atoms with E-state index in [1.165, 1.54) is 37.1 Å². The molecule has 0 amide bonds. The minimum Gasteiger partial charge on any atom is -0.318 e. The molecule has 19 heavy (non-hydrogen) atoms. The number of fused-ring (bicyclic) bond motifs is 1. The Labute approximate surface area is 117 Å². The molecule has 3 nitrogen and oxygen atoms in total. The third kappa shape index (κ3) is 4.03. The van der Waals surface area contributed by atoms with Gasteiger partial charge in [0.1, 0.15) is 0 Å². The van der Waals surface area contributed by atoms with Crippen molar-refractivity contribution in [2.45, 2.75) is 25.4 Å². The third-order valence-electron chi connectivity index (χ3n) is 3.95. The van der Waals surface area contributed by atoms with Gasteiger partial charge in [-0.15, -0.1) is 0 Å². The van der Waals surface area contributed by atoms with Crippen LogP contribution in [-0.2, 0) is 13.0 Å². The second-order valence-corrected chi connectivity index (χ2v) is 5.81. The monoisotopic (exact) mass is 261 g/mol.